The topological polar surface area (TPSA) is 48.0 Å². The van der Waals surface area contributed by atoms with E-state index in [-0.39, 0.29) is 11.7 Å². The maximum absolute atomic E-state index is 13.1. The number of ether oxygens (including phenoxy) is 3. The van der Waals surface area contributed by atoms with Crippen molar-refractivity contribution in [3.05, 3.63) is 53.3 Å². The average Bonchev–Trinajstić information content (AvgIpc) is 2.74. The Morgan fingerprint density at radius 1 is 1.00 bits per heavy atom. The number of rotatable bonds is 6. The summed E-state index contributed by atoms with van der Waals surface area (Å²) in [6, 6.07) is 10.0. The number of hydrogen-bond acceptors (Lipinski definition) is 4. The Morgan fingerprint density at radius 2 is 1.57 bits per heavy atom. The van der Waals surface area contributed by atoms with Gasteiger partial charge in [0.1, 0.15) is 5.82 Å². The van der Waals surface area contributed by atoms with Crippen molar-refractivity contribution in [2.24, 2.45) is 5.92 Å². The lowest BCUT2D eigenvalue weighted by molar-refractivity contribution is 0.0689. The first-order chi connectivity index (χ1) is 13.5. The van der Waals surface area contributed by atoms with Crippen molar-refractivity contribution in [1.82, 2.24) is 4.90 Å². The van der Waals surface area contributed by atoms with Crippen LogP contribution in [-0.2, 0) is 6.42 Å². The monoisotopic (exact) mass is 387 g/mol. The number of likely N-dealkylation sites (tertiary alicyclic amines) is 1. The molecule has 28 heavy (non-hydrogen) atoms. The Labute approximate surface area is 165 Å². The van der Waals surface area contributed by atoms with Gasteiger partial charge in [-0.15, -0.1) is 0 Å². The van der Waals surface area contributed by atoms with Crippen LogP contribution in [0.3, 0.4) is 0 Å². The van der Waals surface area contributed by atoms with E-state index in [2.05, 4.69) is 0 Å². The summed E-state index contributed by atoms with van der Waals surface area (Å²) in [5, 5.41) is 0. The number of carbonyl (C=O) groups is 1. The molecule has 0 spiro atoms. The van der Waals surface area contributed by atoms with Gasteiger partial charge in [0.25, 0.3) is 5.91 Å². The molecule has 0 saturated carbocycles. The third-order valence-electron chi connectivity index (χ3n) is 5.25. The Bertz CT molecular complexity index is 789. The predicted octanol–water partition coefficient (Wildman–Crippen LogP) is 3.95. The van der Waals surface area contributed by atoms with Crippen LogP contribution in [-0.4, -0.2) is 45.2 Å². The van der Waals surface area contributed by atoms with Crippen LogP contribution in [0.1, 0.15) is 28.8 Å². The van der Waals surface area contributed by atoms with Crippen molar-refractivity contribution < 1.29 is 23.4 Å². The molecule has 3 rings (SSSR count). The molecule has 1 fully saturated rings. The van der Waals surface area contributed by atoms with Gasteiger partial charge in [0.2, 0.25) is 5.75 Å². The minimum Gasteiger partial charge on any atom is -0.493 e. The first-order valence-electron chi connectivity index (χ1n) is 9.39. The molecule has 0 radical (unpaired) electrons. The zero-order valence-corrected chi connectivity index (χ0v) is 16.5. The van der Waals surface area contributed by atoms with Gasteiger partial charge in [0.05, 0.1) is 21.3 Å². The molecule has 5 nitrogen and oxygen atoms in total. The summed E-state index contributed by atoms with van der Waals surface area (Å²) >= 11 is 0. The van der Waals surface area contributed by atoms with Gasteiger partial charge >= 0.3 is 0 Å². The van der Waals surface area contributed by atoms with Crippen molar-refractivity contribution in [3.63, 3.8) is 0 Å². The number of piperidine rings is 1. The number of hydrogen-bond donors (Lipinski definition) is 0. The molecule has 1 heterocycles. The van der Waals surface area contributed by atoms with E-state index in [4.69, 9.17) is 14.2 Å². The van der Waals surface area contributed by atoms with Crippen molar-refractivity contribution >= 4 is 5.91 Å². The molecule has 1 aliphatic rings. The predicted molar refractivity (Wildman–Crippen MR) is 105 cm³/mol. The lowest BCUT2D eigenvalue weighted by atomic mass is 9.90. The normalized spacial score (nSPS) is 14.6. The lowest BCUT2D eigenvalue weighted by Crippen LogP contribution is -2.38. The largest absolute Gasteiger partial charge is 0.493 e. The van der Waals surface area contributed by atoms with Crippen LogP contribution < -0.4 is 14.2 Å². The van der Waals surface area contributed by atoms with Gasteiger partial charge in [-0.25, -0.2) is 4.39 Å². The summed E-state index contributed by atoms with van der Waals surface area (Å²) in [7, 11) is 4.60. The van der Waals surface area contributed by atoms with E-state index in [1.54, 1.807) is 12.1 Å². The molecular weight excluding hydrogens is 361 g/mol. The van der Waals surface area contributed by atoms with Crippen molar-refractivity contribution in [2.75, 3.05) is 34.4 Å². The minimum absolute atomic E-state index is 0.0421. The molecule has 1 saturated heterocycles. The summed E-state index contributed by atoms with van der Waals surface area (Å²) in [5.41, 5.74) is 1.65. The van der Waals surface area contributed by atoms with Crippen molar-refractivity contribution in [1.29, 1.82) is 0 Å². The Kier molecular flexibility index (Phi) is 6.39. The van der Waals surface area contributed by atoms with E-state index in [0.717, 1.165) is 24.8 Å². The fourth-order valence-corrected chi connectivity index (χ4v) is 3.68. The van der Waals surface area contributed by atoms with Crippen LogP contribution in [0.15, 0.2) is 36.4 Å². The number of carbonyl (C=O) groups excluding carboxylic acids is 1. The Balaban J connectivity index is 1.65. The second-order valence-corrected chi connectivity index (χ2v) is 6.98. The fraction of sp³-hybridized carbons (Fsp3) is 0.409. The first-order valence-corrected chi connectivity index (χ1v) is 9.39. The highest BCUT2D eigenvalue weighted by molar-refractivity contribution is 5.95. The van der Waals surface area contributed by atoms with E-state index < -0.39 is 0 Å². The van der Waals surface area contributed by atoms with Gasteiger partial charge in [-0.1, -0.05) is 12.1 Å². The zero-order chi connectivity index (χ0) is 20.1. The summed E-state index contributed by atoms with van der Waals surface area (Å²) < 4.78 is 29.1. The molecule has 6 heteroatoms. The molecule has 0 aliphatic carbocycles. The summed E-state index contributed by atoms with van der Waals surface area (Å²) in [6.07, 6.45) is 2.76. The van der Waals surface area contributed by atoms with Gasteiger partial charge in [0, 0.05) is 18.7 Å². The maximum Gasteiger partial charge on any atom is 0.254 e. The summed E-state index contributed by atoms with van der Waals surface area (Å²) in [6.45, 7) is 1.39. The number of amides is 1. The number of nitrogens with zero attached hydrogens (tertiary/aromatic N) is 1. The van der Waals surface area contributed by atoms with Gasteiger partial charge in [-0.05, 0) is 55.0 Å². The summed E-state index contributed by atoms with van der Waals surface area (Å²) in [5.74, 6) is 1.65. The average molecular weight is 387 g/mol. The number of benzene rings is 2. The smallest absolute Gasteiger partial charge is 0.254 e. The molecule has 150 valence electrons. The summed E-state index contributed by atoms with van der Waals surface area (Å²) in [4.78, 5) is 14.8. The third-order valence-corrected chi connectivity index (χ3v) is 5.25. The highest BCUT2D eigenvalue weighted by Crippen LogP contribution is 2.38. The van der Waals surface area contributed by atoms with Crippen LogP contribution in [0.4, 0.5) is 4.39 Å². The maximum atomic E-state index is 13.1. The molecule has 1 aliphatic heterocycles. The lowest BCUT2D eigenvalue weighted by Gasteiger charge is -2.32. The van der Waals surface area contributed by atoms with Crippen molar-refractivity contribution in [2.45, 2.75) is 19.3 Å². The van der Waals surface area contributed by atoms with Gasteiger partial charge in [-0.2, -0.15) is 0 Å². The third kappa shape index (κ3) is 4.38. The zero-order valence-electron chi connectivity index (χ0n) is 16.5. The molecule has 0 aromatic heterocycles. The molecule has 0 bridgehead atoms. The molecular formula is C22H26FNO4. The first kappa shape index (κ1) is 20.0. The highest BCUT2D eigenvalue weighted by Gasteiger charge is 2.26. The highest BCUT2D eigenvalue weighted by atomic mass is 19.1. The molecule has 0 unspecified atom stereocenters. The second kappa shape index (κ2) is 8.95. The van der Waals surface area contributed by atoms with Crippen LogP contribution in [0.25, 0.3) is 0 Å². The van der Waals surface area contributed by atoms with Gasteiger partial charge in [0.15, 0.2) is 11.5 Å². The van der Waals surface area contributed by atoms with Crippen molar-refractivity contribution in [3.8, 4) is 17.2 Å². The van der Waals surface area contributed by atoms with E-state index in [0.29, 0.717) is 41.8 Å². The van der Waals surface area contributed by atoms with Crippen LogP contribution in [0.2, 0.25) is 0 Å². The Hall–Kier alpha value is -2.76. The number of methoxy groups -OCH3 is 3. The SMILES string of the molecule is COc1cc(C(=O)N2CCC(Cc3ccc(F)cc3)CC2)cc(OC)c1OC. The van der Waals surface area contributed by atoms with Crippen LogP contribution in [0, 0.1) is 11.7 Å². The van der Waals surface area contributed by atoms with E-state index in [1.807, 2.05) is 17.0 Å². The molecule has 2 aromatic carbocycles. The standard InChI is InChI=1S/C22H26FNO4/c1-26-19-13-17(14-20(27-2)21(19)28-3)22(25)24-10-8-16(9-11-24)12-15-4-6-18(23)7-5-15/h4-7,13-14,16H,8-12H2,1-3H3. The van der Waals surface area contributed by atoms with Crippen LogP contribution >= 0.6 is 0 Å². The quantitative estimate of drug-likeness (QED) is 0.753. The molecule has 1 amide bonds. The molecule has 2 aromatic rings. The fourth-order valence-electron chi connectivity index (χ4n) is 3.68. The van der Waals surface area contributed by atoms with E-state index in [9.17, 15) is 9.18 Å². The minimum atomic E-state index is -0.213. The van der Waals surface area contributed by atoms with Gasteiger partial charge in [-0.3, -0.25) is 4.79 Å². The van der Waals surface area contributed by atoms with Gasteiger partial charge < -0.3 is 19.1 Å². The number of halogens is 1. The molecule has 0 N–H and O–H groups in total. The van der Waals surface area contributed by atoms with Crippen LogP contribution in [0.5, 0.6) is 17.2 Å². The second-order valence-electron chi connectivity index (χ2n) is 6.98. The van der Waals surface area contributed by atoms with E-state index in [1.165, 1.54) is 33.5 Å². The van der Waals surface area contributed by atoms with E-state index >= 15 is 0 Å². The molecule has 0 atom stereocenters. The Morgan fingerprint density at radius 3 is 2.07 bits per heavy atom.